The number of pyridine rings is 1. The average molecular weight is 374 g/mol. The lowest BCUT2D eigenvalue weighted by molar-refractivity contribution is 0.0927. The zero-order valence-electron chi connectivity index (χ0n) is 16.2. The van der Waals surface area contributed by atoms with Crippen LogP contribution in [-0.2, 0) is 4.74 Å². The van der Waals surface area contributed by atoms with Crippen LogP contribution in [0.1, 0.15) is 55.9 Å². The topological polar surface area (TPSA) is 74.8 Å². The molecule has 2 aliphatic rings. The number of carbonyl (C=O) groups is 2. The molecule has 2 amide bonds. The van der Waals surface area contributed by atoms with Gasteiger partial charge in [-0.05, 0) is 31.9 Å². The number of hydrogen-bond donors (Lipinski definition) is 1. The van der Waals surface area contributed by atoms with Gasteiger partial charge in [-0.25, -0.2) is 9.78 Å². The van der Waals surface area contributed by atoms with Crippen LogP contribution in [0.4, 0.5) is 10.5 Å². The summed E-state index contributed by atoms with van der Waals surface area (Å²) in [4.78, 5) is 32.5. The van der Waals surface area contributed by atoms with Gasteiger partial charge in [0.1, 0.15) is 5.69 Å². The van der Waals surface area contributed by atoms with Gasteiger partial charge in [0.15, 0.2) is 0 Å². The Kier molecular flexibility index (Phi) is 6.90. The summed E-state index contributed by atoms with van der Waals surface area (Å²) in [5.41, 5.74) is 1.44. The number of aromatic nitrogens is 1. The van der Waals surface area contributed by atoms with Crippen molar-refractivity contribution in [1.82, 2.24) is 15.2 Å². The van der Waals surface area contributed by atoms with Crippen molar-refractivity contribution in [2.24, 2.45) is 0 Å². The van der Waals surface area contributed by atoms with Gasteiger partial charge in [-0.15, -0.1) is 0 Å². The second kappa shape index (κ2) is 9.58. The van der Waals surface area contributed by atoms with Crippen molar-refractivity contribution in [3.05, 3.63) is 24.0 Å². The molecule has 3 rings (SSSR count). The van der Waals surface area contributed by atoms with E-state index >= 15 is 0 Å². The average Bonchev–Trinajstić information content (AvgIpc) is 2.97. The highest BCUT2D eigenvalue weighted by Gasteiger charge is 2.22. The van der Waals surface area contributed by atoms with Gasteiger partial charge in [0.05, 0.1) is 18.5 Å². The Morgan fingerprint density at radius 1 is 1.11 bits per heavy atom. The van der Waals surface area contributed by atoms with Crippen LogP contribution in [0.3, 0.4) is 0 Å². The number of nitrogens with one attached hydrogen (secondary N) is 1. The fraction of sp³-hybridized carbons (Fsp3) is 0.650. The van der Waals surface area contributed by atoms with Gasteiger partial charge >= 0.3 is 6.09 Å². The molecule has 7 nitrogen and oxygen atoms in total. The van der Waals surface area contributed by atoms with Gasteiger partial charge in [-0.3, -0.25) is 4.79 Å². The minimum Gasteiger partial charge on any atom is -0.450 e. The van der Waals surface area contributed by atoms with Crippen LogP contribution in [0.15, 0.2) is 18.3 Å². The van der Waals surface area contributed by atoms with E-state index in [-0.39, 0.29) is 18.0 Å². The molecule has 1 aliphatic heterocycles. The summed E-state index contributed by atoms with van der Waals surface area (Å²) in [5, 5.41) is 3.13. The molecule has 27 heavy (non-hydrogen) atoms. The quantitative estimate of drug-likeness (QED) is 0.821. The van der Waals surface area contributed by atoms with Gasteiger partial charge in [-0.2, -0.15) is 0 Å². The summed E-state index contributed by atoms with van der Waals surface area (Å²) >= 11 is 0. The first-order valence-corrected chi connectivity index (χ1v) is 10.1. The van der Waals surface area contributed by atoms with Gasteiger partial charge in [0, 0.05) is 32.2 Å². The molecule has 2 fully saturated rings. The number of rotatable bonds is 4. The highest BCUT2D eigenvalue weighted by atomic mass is 16.6. The van der Waals surface area contributed by atoms with Crippen molar-refractivity contribution in [1.29, 1.82) is 0 Å². The lowest BCUT2D eigenvalue weighted by atomic mass is 10.1. The monoisotopic (exact) mass is 374 g/mol. The van der Waals surface area contributed by atoms with Crippen molar-refractivity contribution in [2.75, 3.05) is 37.7 Å². The Morgan fingerprint density at radius 2 is 1.81 bits per heavy atom. The molecule has 0 radical (unpaired) electrons. The third-order valence-electron chi connectivity index (χ3n) is 5.34. The largest absolute Gasteiger partial charge is 0.450 e. The first-order valence-electron chi connectivity index (χ1n) is 10.1. The summed E-state index contributed by atoms with van der Waals surface area (Å²) in [6.45, 7) is 4.93. The second-order valence-electron chi connectivity index (χ2n) is 7.24. The summed E-state index contributed by atoms with van der Waals surface area (Å²) in [5.74, 6) is -0.0828. The minimum absolute atomic E-state index is 0.0828. The van der Waals surface area contributed by atoms with Gasteiger partial charge in [0.25, 0.3) is 5.91 Å². The number of nitrogens with zero attached hydrogens (tertiary/aromatic N) is 3. The summed E-state index contributed by atoms with van der Waals surface area (Å²) in [6, 6.07) is 4.01. The summed E-state index contributed by atoms with van der Waals surface area (Å²) < 4.78 is 5.05. The summed E-state index contributed by atoms with van der Waals surface area (Å²) in [7, 11) is 0. The molecule has 1 aromatic heterocycles. The van der Waals surface area contributed by atoms with Gasteiger partial charge in [0.2, 0.25) is 0 Å². The van der Waals surface area contributed by atoms with E-state index in [4.69, 9.17) is 4.74 Å². The number of anilines is 1. The standard InChI is InChI=1S/C20H30N4O3/c1-2-27-20(26)24-13-11-23(12-14-24)17-9-10-18(21-15-17)19(25)22-16-7-5-3-4-6-8-16/h9-10,15-16H,2-8,11-14H2,1H3,(H,22,25). The SMILES string of the molecule is CCOC(=O)N1CCN(c2ccc(C(=O)NC3CCCCCC3)nc2)CC1. The molecule has 1 aromatic rings. The maximum absolute atomic E-state index is 12.4. The zero-order chi connectivity index (χ0) is 19.1. The van der Waals surface area contributed by atoms with Crippen LogP contribution >= 0.6 is 0 Å². The predicted octanol–water partition coefficient (Wildman–Crippen LogP) is 2.81. The van der Waals surface area contributed by atoms with Crippen molar-refractivity contribution >= 4 is 17.7 Å². The fourth-order valence-electron chi connectivity index (χ4n) is 3.75. The van der Waals surface area contributed by atoms with E-state index in [0.717, 1.165) is 31.6 Å². The number of piperazine rings is 1. The van der Waals surface area contributed by atoms with E-state index in [1.165, 1.54) is 25.7 Å². The third-order valence-corrected chi connectivity index (χ3v) is 5.34. The molecule has 0 unspecified atom stereocenters. The molecule has 1 saturated carbocycles. The number of hydrogen-bond acceptors (Lipinski definition) is 5. The molecule has 148 valence electrons. The van der Waals surface area contributed by atoms with Crippen molar-refractivity contribution in [2.45, 2.75) is 51.5 Å². The highest BCUT2D eigenvalue weighted by Crippen LogP contribution is 2.19. The maximum Gasteiger partial charge on any atom is 0.409 e. The minimum atomic E-state index is -0.249. The van der Waals surface area contributed by atoms with Crippen LogP contribution in [0.25, 0.3) is 0 Å². The van der Waals surface area contributed by atoms with E-state index in [1.54, 1.807) is 17.2 Å². The lowest BCUT2D eigenvalue weighted by Gasteiger charge is -2.35. The van der Waals surface area contributed by atoms with E-state index in [2.05, 4.69) is 15.2 Å². The zero-order valence-corrected chi connectivity index (χ0v) is 16.2. The lowest BCUT2D eigenvalue weighted by Crippen LogP contribution is -2.49. The molecule has 0 atom stereocenters. The molecule has 2 heterocycles. The molecular formula is C20H30N4O3. The Balaban J connectivity index is 1.51. The van der Waals surface area contributed by atoms with E-state index < -0.39 is 0 Å². The van der Waals surface area contributed by atoms with E-state index in [1.807, 2.05) is 13.0 Å². The fourth-order valence-corrected chi connectivity index (χ4v) is 3.75. The number of ether oxygens (including phenoxy) is 1. The molecule has 0 bridgehead atoms. The molecule has 0 spiro atoms. The van der Waals surface area contributed by atoms with Crippen LogP contribution in [0, 0.1) is 0 Å². The van der Waals surface area contributed by atoms with Crippen LogP contribution in [0.2, 0.25) is 0 Å². The number of carbonyl (C=O) groups excluding carboxylic acids is 2. The van der Waals surface area contributed by atoms with Gasteiger partial charge < -0.3 is 19.9 Å². The summed E-state index contributed by atoms with van der Waals surface area (Å²) in [6.07, 6.45) is 8.54. The third kappa shape index (κ3) is 5.34. The molecule has 1 aliphatic carbocycles. The number of amides is 2. The molecule has 0 aromatic carbocycles. The Morgan fingerprint density at radius 3 is 2.41 bits per heavy atom. The molecule has 1 N–H and O–H groups in total. The van der Waals surface area contributed by atoms with Crippen LogP contribution in [0.5, 0.6) is 0 Å². The first kappa shape index (κ1) is 19.5. The highest BCUT2D eigenvalue weighted by molar-refractivity contribution is 5.92. The Bertz CT molecular complexity index is 619. The molecular weight excluding hydrogens is 344 g/mol. The Labute approximate surface area is 161 Å². The smallest absolute Gasteiger partial charge is 0.409 e. The Hall–Kier alpha value is -2.31. The van der Waals surface area contributed by atoms with Crippen LogP contribution < -0.4 is 10.2 Å². The molecule has 7 heteroatoms. The predicted molar refractivity (Wildman–Crippen MR) is 104 cm³/mol. The van der Waals surface area contributed by atoms with Gasteiger partial charge in [-0.1, -0.05) is 25.7 Å². The second-order valence-corrected chi connectivity index (χ2v) is 7.24. The maximum atomic E-state index is 12.4. The van der Waals surface area contributed by atoms with E-state index in [9.17, 15) is 9.59 Å². The van der Waals surface area contributed by atoms with Crippen molar-refractivity contribution in [3.63, 3.8) is 0 Å². The van der Waals surface area contributed by atoms with Crippen molar-refractivity contribution < 1.29 is 14.3 Å². The van der Waals surface area contributed by atoms with E-state index in [0.29, 0.717) is 25.4 Å². The van der Waals surface area contributed by atoms with Crippen molar-refractivity contribution in [3.8, 4) is 0 Å². The first-order chi connectivity index (χ1) is 13.2. The van der Waals surface area contributed by atoms with Crippen LogP contribution in [-0.4, -0.2) is 60.7 Å². The molecule has 1 saturated heterocycles. The normalized spacial score (nSPS) is 18.7.